The molecule has 0 radical (unpaired) electrons. The molecule has 0 aromatic heterocycles. The number of nitrogens with zero attached hydrogens (tertiary/aromatic N) is 1. The molecule has 1 aromatic carbocycles. The number of aliphatic hydroxyl groups is 1. The van der Waals surface area contributed by atoms with Gasteiger partial charge in [-0.05, 0) is 37.5 Å². The summed E-state index contributed by atoms with van der Waals surface area (Å²) in [7, 11) is 0. The number of rotatable bonds is 6. The van der Waals surface area contributed by atoms with E-state index >= 15 is 0 Å². The lowest BCUT2D eigenvalue weighted by Gasteiger charge is -2.44. The van der Waals surface area contributed by atoms with Crippen LogP contribution in [0.25, 0.3) is 0 Å². The SMILES string of the molecule is CC(N)C(c1ccc(F)cc1)N(CCO)C1CCC1. The first-order chi connectivity index (χ1) is 9.13. The largest absolute Gasteiger partial charge is 0.395 e. The minimum atomic E-state index is -0.232. The summed E-state index contributed by atoms with van der Waals surface area (Å²) in [5, 5.41) is 9.28. The van der Waals surface area contributed by atoms with Crippen molar-refractivity contribution < 1.29 is 9.50 Å². The molecule has 0 heterocycles. The van der Waals surface area contributed by atoms with E-state index in [1.807, 2.05) is 6.92 Å². The highest BCUT2D eigenvalue weighted by atomic mass is 19.1. The number of hydrogen-bond donors (Lipinski definition) is 2. The molecule has 2 unspecified atom stereocenters. The van der Waals surface area contributed by atoms with Crippen molar-refractivity contribution in [2.75, 3.05) is 13.2 Å². The van der Waals surface area contributed by atoms with E-state index in [1.54, 1.807) is 12.1 Å². The lowest BCUT2D eigenvalue weighted by Crippen LogP contribution is -2.49. The minimum Gasteiger partial charge on any atom is -0.395 e. The van der Waals surface area contributed by atoms with Gasteiger partial charge in [0.2, 0.25) is 0 Å². The fourth-order valence-electron chi connectivity index (χ4n) is 2.84. The number of halogens is 1. The van der Waals surface area contributed by atoms with Crippen molar-refractivity contribution in [3.63, 3.8) is 0 Å². The lowest BCUT2D eigenvalue weighted by molar-refractivity contribution is 0.0503. The predicted octanol–water partition coefficient (Wildman–Crippen LogP) is 2.06. The van der Waals surface area contributed by atoms with E-state index < -0.39 is 0 Å². The average molecular weight is 266 g/mol. The molecule has 1 saturated carbocycles. The van der Waals surface area contributed by atoms with Gasteiger partial charge in [0.05, 0.1) is 6.61 Å². The number of aliphatic hydroxyl groups excluding tert-OH is 1. The maximum atomic E-state index is 13.1. The van der Waals surface area contributed by atoms with Crippen molar-refractivity contribution in [2.24, 2.45) is 5.73 Å². The summed E-state index contributed by atoms with van der Waals surface area (Å²) in [6.45, 7) is 2.71. The zero-order valence-corrected chi connectivity index (χ0v) is 11.4. The molecule has 0 amide bonds. The fraction of sp³-hybridized carbons (Fsp3) is 0.600. The first-order valence-electron chi connectivity index (χ1n) is 7.01. The molecule has 3 nitrogen and oxygen atoms in total. The van der Waals surface area contributed by atoms with Crippen LogP contribution in [0, 0.1) is 5.82 Å². The Morgan fingerprint density at radius 1 is 1.37 bits per heavy atom. The van der Waals surface area contributed by atoms with Crippen LogP contribution < -0.4 is 5.73 Å². The van der Waals surface area contributed by atoms with Gasteiger partial charge >= 0.3 is 0 Å². The van der Waals surface area contributed by atoms with Crippen LogP contribution in [0.15, 0.2) is 24.3 Å². The Morgan fingerprint density at radius 2 is 2.00 bits per heavy atom. The third-order valence-corrected chi connectivity index (χ3v) is 3.97. The van der Waals surface area contributed by atoms with Crippen molar-refractivity contribution in [3.8, 4) is 0 Å². The summed E-state index contributed by atoms with van der Waals surface area (Å²) < 4.78 is 13.1. The number of nitrogens with two attached hydrogens (primary N) is 1. The molecule has 1 aromatic rings. The van der Waals surface area contributed by atoms with Crippen molar-refractivity contribution >= 4 is 0 Å². The van der Waals surface area contributed by atoms with E-state index in [0.29, 0.717) is 12.6 Å². The monoisotopic (exact) mass is 266 g/mol. The number of hydrogen-bond acceptors (Lipinski definition) is 3. The third kappa shape index (κ3) is 3.32. The molecule has 3 N–H and O–H groups in total. The van der Waals surface area contributed by atoms with Crippen LogP contribution in [0.2, 0.25) is 0 Å². The van der Waals surface area contributed by atoms with E-state index in [-0.39, 0.29) is 24.5 Å². The van der Waals surface area contributed by atoms with Gasteiger partial charge in [-0.1, -0.05) is 18.6 Å². The summed E-state index contributed by atoms with van der Waals surface area (Å²) in [4.78, 5) is 2.28. The molecule has 2 rings (SSSR count). The number of benzene rings is 1. The molecular formula is C15H23FN2O. The molecule has 2 atom stereocenters. The molecule has 0 aliphatic heterocycles. The van der Waals surface area contributed by atoms with E-state index in [4.69, 9.17) is 5.73 Å². The standard InChI is InChI=1S/C15H23FN2O/c1-11(17)15(12-5-7-13(16)8-6-12)18(9-10-19)14-3-2-4-14/h5-8,11,14-15,19H,2-4,9-10,17H2,1H3. The smallest absolute Gasteiger partial charge is 0.123 e. The van der Waals surface area contributed by atoms with E-state index in [1.165, 1.54) is 18.6 Å². The van der Waals surface area contributed by atoms with Crippen LogP contribution in [0.3, 0.4) is 0 Å². The van der Waals surface area contributed by atoms with Crippen LogP contribution in [-0.4, -0.2) is 35.2 Å². The van der Waals surface area contributed by atoms with Crippen LogP contribution in [0.5, 0.6) is 0 Å². The first-order valence-corrected chi connectivity index (χ1v) is 7.01. The summed E-state index contributed by atoms with van der Waals surface area (Å²) in [5.41, 5.74) is 7.16. The Hall–Kier alpha value is -0.970. The van der Waals surface area contributed by atoms with Gasteiger partial charge in [0.1, 0.15) is 5.82 Å². The van der Waals surface area contributed by atoms with Crippen LogP contribution in [0.1, 0.15) is 37.8 Å². The molecule has 106 valence electrons. The summed E-state index contributed by atoms with van der Waals surface area (Å²) in [6, 6.07) is 7.02. The second-order valence-corrected chi connectivity index (χ2v) is 5.40. The molecule has 1 fully saturated rings. The van der Waals surface area contributed by atoms with Gasteiger partial charge in [-0.25, -0.2) is 4.39 Å². The van der Waals surface area contributed by atoms with Crippen LogP contribution >= 0.6 is 0 Å². The Labute approximate surface area is 114 Å². The molecule has 0 spiro atoms. The highest BCUT2D eigenvalue weighted by molar-refractivity contribution is 5.22. The maximum Gasteiger partial charge on any atom is 0.123 e. The quantitative estimate of drug-likeness (QED) is 0.828. The maximum absolute atomic E-state index is 13.1. The van der Waals surface area contributed by atoms with Gasteiger partial charge in [-0.2, -0.15) is 0 Å². The predicted molar refractivity (Wildman–Crippen MR) is 74.2 cm³/mol. The zero-order chi connectivity index (χ0) is 13.8. The summed E-state index contributed by atoms with van der Waals surface area (Å²) in [5.74, 6) is -0.232. The van der Waals surface area contributed by atoms with Gasteiger partial charge < -0.3 is 10.8 Å². The molecule has 19 heavy (non-hydrogen) atoms. The molecule has 1 aliphatic carbocycles. The van der Waals surface area contributed by atoms with Gasteiger partial charge in [-0.3, -0.25) is 4.90 Å². The van der Waals surface area contributed by atoms with Gasteiger partial charge in [0.15, 0.2) is 0 Å². The second kappa shape index (κ2) is 6.46. The Morgan fingerprint density at radius 3 is 2.42 bits per heavy atom. The highest BCUT2D eigenvalue weighted by Crippen LogP contribution is 2.33. The van der Waals surface area contributed by atoms with Crippen molar-refractivity contribution in [1.29, 1.82) is 0 Å². The Balaban J connectivity index is 2.23. The van der Waals surface area contributed by atoms with E-state index in [9.17, 15) is 9.50 Å². The zero-order valence-electron chi connectivity index (χ0n) is 11.4. The third-order valence-electron chi connectivity index (χ3n) is 3.97. The Bertz CT molecular complexity index is 390. The highest BCUT2D eigenvalue weighted by Gasteiger charge is 2.32. The Kier molecular flexibility index (Phi) is 4.91. The minimum absolute atomic E-state index is 0.0399. The first kappa shape index (κ1) is 14.4. The van der Waals surface area contributed by atoms with E-state index in [0.717, 1.165) is 18.4 Å². The van der Waals surface area contributed by atoms with Crippen molar-refractivity contribution in [2.45, 2.75) is 44.3 Å². The van der Waals surface area contributed by atoms with Crippen LogP contribution in [0.4, 0.5) is 4.39 Å². The fourth-order valence-corrected chi connectivity index (χ4v) is 2.84. The van der Waals surface area contributed by atoms with Gasteiger partial charge in [-0.15, -0.1) is 0 Å². The average Bonchev–Trinajstić information content (AvgIpc) is 2.29. The molecule has 1 aliphatic rings. The lowest BCUT2D eigenvalue weighted by atomic mass is 9.87. The molecule has 0 saturated heterocycles. The normalized spacial score (nSPS) is 19.2. The summed E-state index contributed by atoms with van der Waals surface area (Å²) >= 11 is 0. The van der Waals surface area contributed by atoms with Gasteiger partial charge in [0, 0.05) is 24.7 Å². The van der Waals surface area contributed by atoms with Crippen molar-refractivity contribution in [3.05, 3.63) is 35.6 Å². The van der Waals surface area contributed by atoms with Crippen LogP contribution in [-0.2, 0) is 0 Å². The topological polar surface area (TPSA) is 49.5 Å². The van der Waals surface area contributed by atoms with E-state index in [2.05, 4.69) is 4.90 Å². The molecule has 4 heteroatoms. The molecular weight excluding hydrogens is 243 g/mol. The van der Waals surface area contributed by atoms with Gasteiger partial charge in [0.25, 0.3) is 0 Å². The summed E-state index contributed by atoms with van der Waals surface area (Å²) in [6.07, 6.45) is 3.55. The molecule has 0 bridgehead atoms. The van der Waals surface area contributed by atoms with Crippen molar-refractivity contribution in [1.82, 2.24) is 4.90 Å². The second-order valence-electron chi connectivity index (χ2n) is 5.40.